The van der Waals surface area contributed by atoms with Crippen LogP contribution in [0, 0.1) is 0 Å². The van der Waals surface area contributed by atoms with Crippen molar-refractivity contribution in [1.29, 1.82) is 0 Å². The molecule has 1 heterocycles. The Kier molecular flexibility index (Phi) is 7.36. The van der Waals surface area contributed by atoms with Crippen molar-refractivity contribution < 1.29 is 19.1 Å². The normalized spacial score (nSPS) is 25.5. The Morgan fingerprint density at radius 3 is 2.84 bits per heavy atom. The van der Waals surface area contributed by atoms with Crippen LogP contribution in [0.4, 0.5) is 0 Å². The maximum Gasteiger partial charge on any atom is 0.222 e. The van der Waals surface area contributed by atoms with Gasteiger partial charge in [-0.2, -0.15) is 0 Å². The van der Waals surface area contributed by atoms with Crippen LogP contribution in [0.25, 0.3) is 0 Å². The van der Waals surface area contributed by atoms with E-state index in [1.807, 2.05) is 12.2 Å². The van der Waals surface area contributed by atoms with E-state index in [2.05, 4.69) is 0 Å². The number of amides is 1. The van der Waals surface area contributed by atoms with Gasteiger partial charge in [-0.3, -0.25) is 4.79 Å². The first-order valence-electron chi connectivity index (χ1n) is 6.66. The van der Waals surface area contributed by atoms with Crippen molar-refractivity contribution >= 4 is 12.2 Å². The summed E-state index contributed by atoms with van der Waals surface area (Å²) in [5.41, 5.74) is 0. The standard InChI is InChI=1S/C14H23NO4/c1-18-12-7-3-5-9-15(11-13(12)19-2)14(17)8-4-6-10-16/h3,7,10,12-13H,4-6,8-9,11H2,1-2H3/b7-3-/t12-,13-/m0/s1. The lowest BCUT2D eigenvalue weighted by Gasteiger charge is -2.31. The Morgan fingerprint density at radius 2 is 2.21 bits per heavy atom. The molecule has 0 saturated heterocycles. The van der Waals surface area contributed by atoms with E-state index in [4.69, 9.17) is 9.47 Å². The van der Waals surface area contributed by atoms with Gasteiger partial charge in [0, 0.05) is 40.2 Å². The second kappa shape index (κ2) is 8.82. The third kappa shape index (κ3) is 5.12. The Bertz CT molecular complexity index is 317. The first-order chi connectivity index (χ1) is 9.22. The van der Waals surface area contributed by atoms with Gasteiger partial charge in [-0.25, -0.2) is 0 Å². The fourth-order valence-electron chi connectivity index (χ4n) is 2.16. The van der Waals surface area contributed by atoms with Crippen molar-refractivity contribution in [1.82, 2.24) is 4.90 Å². The van der Waals surface area contributed by atoms with Gasteiger partial charge in [-0.05, 0) is 12.8 Å². The number of hydrogen-bond donors (Lipinski definition) is 0. The van der Waals surface area contributed by atoms with Gasteiger partial charge in [-0.15, -0.1) is 0 Å². The molecule has 5 heteroatoms. The van der Waals surface area contributed by atoms with Crippen molar-refractivity contribution in [3.8, 4) is 0 Å². The minimum atomic E-state index is -0.156. The van der Waals surface area contributed by atoms with Gasteiger partial charge in [0.15, 0.2) is 0 Å². The molecule has 0 aliphatic carbocycles. The molecule has 0 bridgehead atoms. The number of carbonyl (C=O) groups excluding carboxylic acids is 2. The van der Waals surface area contributed by atoms with Gasteiger partial charge in [0.2, 0.25) is 5.91 Å². The molecule has 1 aliphatic rings. The molecule has 0 fully saturated rings. The van der Waals surface area contributed by atoms with Crippen LogP contribution in [0.2, 0.25) is 0 Å². The first kappa shape index (κ1) is 15.9. The zero-order valence-electron chi connectivity index (χ0n) is 11.7. The van der Waals surface area contributed by atoms with E-state index in [-0.39, 0.29) is 18.1 Å². The number of rotatable bonds is 6. The van der Waals surface area contributed by atoms with E-state index in [9.17, 15) is 9.59 Å². The Labute approximate surface area is 114 Å². The minimum Gasteiger partial charge on any atom is -0.377 e. The predicted octanol–water partition coefficient (Wildman–Crippen LogP) is 1.17. The average Bonchev–Trinajstić information content (AvgIpc) is 2.39. The van der Waals surface area contributed by atoms with Crippen LogP contribution >= 0.6 is 0 Å². The molecule has 0 unspecified atom stereocenters. The summed E-state index contributed by atoms with van der Waals surface area (Å²) in [6, 6.07) is 0. The highest BCUT2D eigenvalue weighted by atomic mass is 16.5. The zero-order chi connectivity index (χ0) is 14.1. The van der Waals surface area contributed by atoms with E-state index >= 15 is 0 Å². The fraction of sp³-hybridized carbons (Fsp3) is 0.714. The number of ether oxygens (including phenoxy) is 2. The summed E-state index contributed by atoms with van der Waals surface area (Å²) in [6.45, 7) is 1.21. The molecule has 0 aromatic heterocycles. The summed E-state index contributed by atoms with van der Waals surface area (Å²) in [5, 5.41) is 0. The largest absolute Gasteiger partial charge is 0.377 e. The van der Waals surface area contributed by atoms with Crippen LogP contribution < -0.4 is 0 Å². The van der Waals surface area contributed by atoms with Gasteiger partial charge < -0.3 is 19.2 Å². The van der Waals surface area contributed by atoms with Crippen LogP contribution in [0.1, 0.15) is 25.7 Å². The summed E-state index contributed by atoms with van der Waals surface area (Å²) in [6.07, 6.45) is 6.85. The third-order valence-corrected chi connectivity index (χ3v) is 3.30. The van der Waals surface area contributed by atoms with E-state index in [1.54, 1.807) is 19.1 Å². The van der Waals surface area contributed by atoms with E-state index in [0.29, 0.717) is 32.4 Å². The molecule has 0 saturated carbocycles. The highest BCUT2D eigenvalue weighted by molar-refractivity contribution is 5.76. The van der Waals surface area contributed by atoms with E-state index < -0.39 is 0 Å². The molecule has 1 rings (SSSR count). The molecule has 0 N–H and O–H groups in total. The van der Waals surface area contributed by atoms with Crippen molar-refractivity contribution in [3.05, 3.63) is 12.2 Å². The quantitative estimate of drug-likeness (QED) is 0.413. The number of aldehydes is 1. The summed E-state index contributed by atoms with van der Waals surface area (Å²) < 4.78 is 10.8. The summed E-state index contributed by atoms with van der Waals surface area (Å²) >= 11 is 0. The van der Waals surface area contributed by atoms with Crippen molar-refractivity contribution in [3.63, 3.8) is 0 Å². The van der Waals surface area contributed by atoms with Crippen molar-refractivity contribution in [2.45, 2.75) is 37.9 Å². The number of hydrogen-bond acceptors (Lipinski definition) is 4. The van der Waals surface area contributed by atoms with Crippen LogP contribution in [0.5, 0.6) is 0 Å². The summed E-state index contributed by atoms with van der Waals surface area (Å²) in [7, 11) is 3.26. The second-order valence-corrected chi connectivity index (χ2v) is 4.59. The van der Waals surface area contributed by atoms with Crippen molar-refractivity contribution in [2.75, 3.05) is 27.3 Å². The SMILES string of the molecule is CO[C@H]1/C=C\CCN(C(=O)CCCC=O)C[C@@H]1OC. The van der Waals surface area contributed by atoms with Crippen LogP contribution in [0.3, 0.4) is 0 Å². The maximum absolute atomic E-state index is 12.1. The summed E-state index contributed by atoms with van der Waals surface area (Å²) in [4.78, 5) is 24.2. The Balaban J connectivity index is 2.60. The molecular formula is C14H23NO4. The molecular weight excluding hydrogens is 246 g/mol. The topological polar surface area (TPSA) is 55.8 Å². The van der Waals surface area contributed by atoms with Gasteiger partial charge in [0.1, 0.15) is 18.5 Å². The molecule has 1 amide bonds. The van der Waals surface area contributed by atoms with Crippen LogP contribution in [-0.2, 0) is 19.1 Å². The third-order valence-electron chi connectivity index (χ3n) is 3.30. The van der Waals surface area contributed by atoms with Gasteiger partial charge in [0.25, 0.3) is 0 Å². The fourth-order valence-corrected chi connectivity index (χ4v) is 2.16. The molecule has 1 aliphatic heterocycles. The lowest BCUT2D eigenvalue weighted by atomic mass is 10.1. The molecule has 5 nitrogen and oxygen atoms in total. The number of nitrogens with zero attached hydrogens (tertiary/aromatic N) is 1. The second-order valence-electron chi connectivity index (χ2n) is 4.59. The molecule has 108 valence electrons. The van der Waals surface area contributed by atoms with Gasteiger partial charge in [0.05, 0.1) is 0 Å². The number of unbranched alkanes of at least 4 members (excludes halogenated alkanes) is 1. The smallest absolute Gasteiger partial charge is 0.222 e. The Hall–Kier alpha value is -1.20. The lowest BCUT2D eigenvalue weighted by Crippen LogP contribution is -2.44. The zero-order valence-corrected chi connectivity index (χ0v) is 11.7. The molecule has 0 spiro atoms. The average molecular weight is 269 g/mol. The van der Waals surface area contributed by atoms with Gasteiger partial charge >= 0.3 is 0 Å². The van der Waals surface area contributed by atoms with Crippen LogP contribution in [0.15, 0.2) is 12.2 Å². The van der Waals surface area contributed by atoms with E-state index in [0.717, 1.165) is 12.7 Å². The summed E-state index contributed by atoms with van der Waals surface area (Å²) in [5.74, 6) is 0.0778. The molecule has 0 aromatic rings. The molecule has 0 aromatic carbocycles. The first-order valence-corrected chi connectivity index (χ1v) is 6.66. The van der Waals surface area contributed by atoms with E-state index in [1.165, 1.54) is 0 Å². The maximum atomic E-state index is 12.1. The molecule has 19 heavy (non-hydrogen) atoms. The monoisotopic (exact) mass is 269 g/mol. The predicted molar refractivity (Wildman–Crippen MR) is 71.8 cm³/mol. The number of carbonyl (C=O) groups is 2. The van der Waals surface area contributed by atoms with Crippen LogP contribution in [-0.4, -0.2) is 56.6 Å². The minimum absolute atomic E-state index is 0.0778. The molecule has 0 radical (unpaired) electrons. The lowest BCUT2D eigenvalue weighted by molar-refractivity contribution is -0.134. The highest BCUT2D eigenvalue weighted by Gasteiger charge is 2.25. The Morgan fingerprint density at radius 1 is 1.42 bits per heavy atom. The highest BCUT2D eigenvalue weighted by Crippen LogP contribution is 2.13. The number of methoxy groups -OCH3 is 2. The van der Waals surface area contributed by atoms with Crippen molar-refractivity contribution in [2.24, 2.45) is 0 Å². The van der Waals surface area contributed by atoms with Gasteiger partial charge in [-0.1, -0.05) is 12.2 Å². The molecule has 2 atom stereocenters.